The first-order valence-corrected chi connectivity index (χ1v) is 14.8. The van der Waals surface area contributed by atoms with Crippen molar-refractivity contribution in [3.63, 3.8) is 0 Å². The lowest BCUT2D eigenvalue weighted by Gasteiger charge is -2.49. The van der Waals surface area contributed by atoms with Crippen molar-refractivity contribution in [3.05, 3.63) is 47.9 Å². The molecule has 1 N–H and O–H groups in total. The Kier molecular flexibility index (Phi) is 7.23. The Morgan fingerprint density at radius 1 is 1.14 bits per heavy atom. The fourth-order valence-corrected chi connectivity index (χ4v) is 6.88. The normalized spacial score (nSPS) is 23.3. The lowest BCUT2D eigenvalue weighted by atomic mass is 9.87. The van der Waals surface area contributed by atoms with Gasteiger partial charge in [0.2, 0.25) is 0 Å². The Morgan fingerprint density at radius 3 is 2.70 bits per heavy atom. The van der Waals surface area contributed by atoms with Crippen LogP contribution in [0.4, 0.5) is 14.6 Å². The number of aromatic nitrogens is 3. The van der Waals surface area contributed by atoms with E-state index < -0.39 is 12.0 Å². The first kappa shape index (κ1) is 27.7. The first-order valence-electron chi connectivity index (χ1n) is 14.8. The smallest absolute Gasteiger partial charge is 0.316 e. The van der Waals surface area contributed by atoms with Gasteiger partial charge in [0.05, 0.1) is 42.5 Å². The highest BCUT2D eigenvalue weighted by Crippen LogP contribution is 2.41. The molecule has 3 unspecified atom stereocenters. The predicted octanol–water partition coefficient (Wildman–Crippen LogP) is 5.10. The lowest BCUT2D eigenvalue weighted by Crippen LogP contribution is -2.57. The number of phenolic OH excluding ortho intramolecular Hbond substituents is 1. The van der Waals surface area contributed by atoms with Crippen molar-refractivity contribution in [2.75, 3.05) is 44.9 Å². The molecule has 0 amide bonds. The van der Waals surface area contributed by atoms with E-state index in [0.29, 0.717) is 52.1 Å². The van der Waals surface area contributed by atoms with Crippen LogP contribution in [0.1, 0.15) is 31.2 Å². The van der Waals surface area contributed by atoms with Gasteiger partial charge in [-0.15, -0.1) is 6.42 Å². The SMILES string of the molecule is C#Cc1c(F)ccc2cc(O)cc(-c3cc4nc(OC)ncc4c(N4CCC4C4COC4)n3)c12.FC1CC2CCCN2C1. The summed E-state index contributed by atoms with van der Waals surface area (Å²) in [6.07, 6.45) is 11.3. The number of fused-ring (bicyclic) bond motifs is 3. The summed E-state index contributed by atoms with van der Waals surface area (Å²) in [5.74, 6) is 3.20. The molecule has 0 radical (unpaired) electrons. The van der Waals surface area contributed by atoms with Crippen LogP contribution in [-0.4, -0.2) is 83.2 Å². The highest BCUT2D eigenvalue weighted by Gasteiger charge is 2.40. The molecule has 222 valence electrons. The summed E-state index contributed by atoms with van der Waals surface area (Å²) in [6.45, 7) is 4.19. The molecule has 8 rings (SSSR count). The van der Waals surface area contributed by atoms with Gasteiger partial charge in [-0.25, -0.2) is 18.7 Å². The molecule has 4 aliphatic heterocycles. The Labute approximate surface area is 248 Å². The van der Waals surface area contributed by atoms with Gasteiger partial charge in [0.25, 0.3) is 0 Å². The molecule has 0 aliphatic carbocycles. The van der Waals surface area contributed by atoms with Crippen LogP contribution in [-0.2, 0) is 4.74 Å². The second-order valence-electron chi connectivity index (χ2n) is 11.7. The molecule has 6 heterocycles. The maximum atomic E-state index is 14.6. The minimum Gasteiger partial charge on any atom is -0.508 e. The number of benzene rings is 2. The van der Waals surface area contributed by atoms with Crippen LogP contribution < -0.4 is 9.64 Å². The molecule has 10 heteroatoms. The number of pyridine rings is 1. The summed E-state index contributed by atoms with van der Waals surface area (Å²) >= 11 is 0. The number of hydrogen-bond donors (Lipinski definition) is 1. The standard InChI is InChI=1S/C26H21FN4O3.C7H12FN/c1-3-17-20(27)5-4-14-8-16(32)9-18(24(14)17)21-10-22-19(11-28-26(30-22)33-2)25(29-21)31-7-6-23(31)15-12-34-13-15;8-6-4-7-2-1-3-9(7)5-6/h1,4-5,8-11,15,23,32H,6-7,12-13H2,2H3;6-7H,1-5H2. The number of halogens is 2. The van der Waals surface area contributed by atoms with E-state index in [1.165, 1.54) is 26.0 Å². The molecule has 3 atom stereocenters. The van der Waals surface area contributed by atoms with Gasteiger partial charge in [-0.2, -0.15) is 4.98 Å². The van der Waals surface area contributed by atoms with Crippen molar-refractivity contribution in [1.82, 2.24) is 19.9 Å². The number of ether oxygens (including phenoxy) is 2. The van der Waals surface area contributed by atoms with E-state index in [1.807, 2.05) is 0 Å². The molecule has 2 aromatic carbocycles. The average Bonchev–Trinajstić information content (AvgIpc) is 3.55. The van der Waals surface area contributed by atoms with Gasteiger partial charge in [-0.1, -0.05) is 12.0 Å². The van der Waals surface area contributed by atoms with Crippen molar-refractivity contribution in [3.8, 4) is 35.4 Å². The molecule has 8 nitrogen and oxygen atoms in total. The van der Waals surface area contributed by atoms with E-state index in [9.17, 15) is 13.9 Å². The molecule has 0 spiro atoms. The molecule has 4 fully saturated rings. The summed E-state index contributed by atoms with van der Waals surface area (Å²) in [4.78, 5) is 18.4. The summed E-state index contributed by atoms with van der Waals surface area (Å²) in [6, 6.07) is 9.00. The summed E-state index contributed by atoms with van der Waals surface area (Å²) in [5, 5.41) is 12.4. The molecule has 0 bridgehead atoms. The zero-order chi connectivity index (χ0) is 29.7. The third-order valence-electron chi connectivity index (χ3n) is 9.20. The quantitative estimate of drug-likeness (QED) is 0.332. The van der Waals surface area contributed by atoms with E-state index in [0.717, 1.165) is 50.3 Å². The Balaban J connectivity index is 0.000000283. The van der Waals surface area contributed by atoms with Crippen molar-refractivity contribution < 1.29 is 23.4 Å². The van der Waals surface area contributed by atoms with Crippen LogP contribution in [0, 0.1) is 24.1 Å². The molecule has 4 aromatic rings. The van der Waals surface area contributed by atoms with Crippen molar-refractivity contribution >= 4 is 27.5 Å². The van der Waals surface area contributed by atoms with Gasteiger partial charge in [-0.05, 0) is 61.9 Å². The first-order chi connectivity index (χ1) is 20.9. The number of anilines is 1. The number of hydrogen-bond acceptors (Lipinski definition) is 8. The van der Waals surface area contributed by atoms with Gasteiger partial charge in [-0.3, -0.25) is 4.90 Å². The molecule has 4 saturated heterocycles. The lowest BCUT2D eigenvalue weighted by molar-refractivity contribution is -0.0529. The second-order valence-corrected chi connectivity index (χ2v) is 11.7. The molecule has 4 aliphatic rings. The number of methoxy groups -OCH3 is 1. The number of phenols is 1. The minimum absolute atomic E-state index is 0.0363. The van der Waals surface area contributed by atoms with Gasteiger partial charge in [0.1, 0.15) is 23.6 Å². The number of alkyl halides is 1. The van der Waals surface area contributed by atoms with E-state index in [1.54, 1.807) is 30.5 Å². The van der Waals surface area contributed by atoms with Crippen LogP contribution in [0.2, 0.25) is 0 Å². The molecule has 43 heavy (non-hydrogen) atoms. The van der Waals surface area contributed by atoms with Gasteiger partial charge < -0.3 is 19.5 Å². The Morgan fingerprint density at radius 2 is 2.00 bits per heavy atom. The third kappa shape index (κ3) is 5.00. The van der Waals surface area contributed by atoms with Crippen LogP contribution in [0.3, 0.4) is 0 Å². The van der Waals surface area contributed by atoms with E-state index >= 15 is 0 Å². The van der Waals surface area contributed by atoms with Crippen LogP contribution in [0.5, 0.6) is 11.8 Å². The largest absolute Gasteiger partial charge is 0.508 e. The topological polar surface area (TPSA) is 83.8 Å². The van der Waals surface area contributed by atoms with Crippen molar-refractivity contribution in [2.24, 2.45) is 5.92 Å². The van der Waals surface area contributed by atoms with Crippen LogP contribution in [0.15, 0.2) is 36.5 Å². The average molecular weight is 586 g/mol. The third-order valence-corrected chi connectivity index (χ3v) is 9.20. The maximum absolute atomic E-state index is 14.6. The Bertz CT molecular complexity index is 1730. The minimum atomic E-state index is -0.518. The molecule has 2 aromatic heterocycles. The summed E-state index contributed by atoms with van der Waals surface area (Å²) in [5.41, 5.74) is 1.83. The van der Waals surface area contributed by atoms with E-state index in [-0.39, 0.29) is 17.3 Å². The molecule has 0 saturated carbocycles. The highest BCUT2D eigenvalue weighted by molar-refractivity contribution is 6.03. The molecular weight excluding hydrogens is 552 g/mol. The van der Waals surface area contributed by atoms with Gasteiger partial charge in [0, 0.05) is 48.2 Å². The Hall–Kier alpha value is -4.07. The summed E-state index contributed by atoms with van der Waals surface area (Å²) < 4.78 is 37.9. The van der Waals surface area contributed by atoms with Crippen LogP contribution >= 0.6 is 0 Å². The van der Waals surface area contributed by atoms with Gasteiger partial charge in [0.15, 0.2) is 0 Å². The van der Waals surface area contributed by atoms with Gasteiger partial charge >= 0.3 is 6.01 Å². The highest BCUT2D eigenvalue weighted by atomic mass is 19.1. The summed E-state index contributed by atoms with van der Waals surface area (Å²) in [7, 11) is 1.51. The van der Waals surface area contributed by atoms with Crippen LogP contribution in [0.25, 0.3) is 32.9 Å². The number of nitrogens with zero attached hydrogens (tertiary/aromatic N) is 5. The maximum Gasteiger partial charge on any atom is 0.316 e. The monoisotopic (exact) mass is 585 g/mol. The number of terminal acetylenes is 1. The molecular formula is C33H33F2N5O3. The van der Waals surface area contributed by atoms with E-state index in [4.69, 9.17) is 20.9 Å². The van der Waals surface area contributed by atoms with Crippen molar-refractivity contribution in [2.45, 2.75) is 43.9 Å². The fourth-order valence-electron chi connectivity index (χ4n) is 6.88. The zero-order valence-corrected chi connectivity index (χ0v) is 24.0. The van der Waals surface area contributed by atoms with Crippen molar-refractivity contribution in [1.29, 1.82) is 0 Å². The number of aromatic hydroxyl groups is 1. The predicted molar refractivity (Wildman–Crippen MR) is 161 cm³/mol. The second kappa shape index (κ2) is 11.2. The fraction of sp³-hybridized carbons (Fsp3) is 0.424. The van der Waals surface area contributed by atoms with E-state index in [2.05, 4.69) is 25.7 Å². The zero-order valence-electron chi connectivity index (χ0n) is 24.0. The number of rotatable bonds is 4.